The fourth-order valence-corrected chi connectivity index (χ4v) is 2.08. The maximum absolute atomic E-state index is 13.2. The molecular weight excluding hydrogens is 231 g/mol. The van der Waals surface area contributed by atoms with E-state index >= 15 is 0 Å². The fraction of sp³-hybridized carbons (Fsp3) is 0.143. The van der Waals surface area contributed by atoms with Crippen molar-refractivity contribution in [3.63, 3.8) is 0 Å². The second kappa shape index (κ2) is 4.22. The molecule has 0 saturated heterocycles. The lowest BCUT2D eigenvalue weighted by Gasteiger charge is -2.27. The fourth-order valence-electron chi connectivity index (χ4n) is 2.08. The summed E-state index contributed by atoms with van der Waals surface area (Å²) in [4.78, 5) is 0. The van der Waals surface area contributed by atoms with Crippen LogP contribution in [-0.4, -0.2) is 6.54 Å². The van der Waals surface area contributed by atoms with Gasteiger partial charge in [0.05, 0.1) is 12.2 Å². The summed E-state index contributed by atoms with van der Waals surface area (Å²) in [6.45, 7) is 0.597. The molecule has 0 saturated carbocycles. The molecule has 0 bridgehead atoms. The molecule has 3 rings (SSSR count). The number of anilines is 2. The van der Waals surface area contributed by atoms with Crippen molar-refractivity contribution in [1.82, 2.24) is 0 Å². The topological polar surface area (TPSA) is 47.3 Å². The molecule has 0 aromatic heterocycles. The minimum absolute atomic E-state index is 0.183. The molecule has 92 valence electrons. The maximum atomic E-state index is 13.2. The van der Waals surface area contributed by atoms with E-state index in [9.17, 15) is 4.39 Å². The largest absolute Gasteiger partial charge is 0.482 e. The van der Waals surface area contributed by atoms with Crippen molar-refractivity contribution in [3.05, 3.63) is 53.8 Å². The van der Waals surface area contributed by atoms with Crippen LogP contribution in [0.25, 0.3) is 0 Å². The molecule has 0 aliphatic carbocycles. The van der Waals surface area contributed by atoms with Crippen molar-refractivity contribution in [3.8, 4) is 5.75 Å². The Morgan fingerprint density at radius 3 is 2.94 bits per heavy atom. The summed E-state index contributed by atoms with van der Waals surface area (Å²) in [6, 6.07) is 11.9. The number of nitrogens with one attached hydrogen (secondary N) is 1. The van der Waals surface area contributed by atoms with Crippen LogP contribution in [0.15, 0.2) is 42.5 Å². The molecule has 4 heteroatoms. The zero-order chi connectivity index (χ0) is 12.5. The first kappa shape index (κ1) is 10.9. The smallest absolute Gasteiger partial charge is 0.143 e. The monoisotopic (exact) mass is 244 g/mol. The third-order valence-corrected chi connectivity index (χ3v) is 2.97. The molecule has 0 spiro atoms. The first-order valence-corrected chi connectivity index (χ1v) is 5.78. The number of hydrogen-bond donors (Lipinski definition) is 2. The van der Waals surface area contributed by atoms with E-state index in [1.807, 2.05) is 18.2 Å². The van der Waals surface area contributed by atoms with Gasteiger partial charge in [0, 0.05) is 5.69 Å². The highest BCUT2D eigenvalue weighted by molar-refractivity contribution is 5.64. The zero-order valence-corrected chi connectivity index (χ0v) is 9.69. The Morgan fingerprint density at radius 2 is 2.11 bits per heavy atom. The Labute approximate surface area is 104 Å². The van der Waals surface area contributed by atoms with E-state index in [1.165, 1.54) is 12.1 Å². The number of benzene rings is 2. The SMILES string of the molecule is Nc1ccc2c(c1)NCC(c1cccc(F)c1)O2. The lowest BCUT2D eigenvalue weighted by Crippen LogP contribution is -2.23. The molecule has 2 aromatic rings. The van der Waals surface area contributed by atoms with E-state index in [0.717, 1.165) is 17.0 Å². The van der Waals surface area contributed by atoms with E-state index in [4.69, 9.17) is 10.5 Å². The standard InChI is InChI=1S/C14H13FN2O/c15-10-3-1-2-9(6-10)14-8-17-12-7-11(16)4-5-13(12)18-14/h1-7,14,17H,8,16H2. The highest BCUT2D eigenvalue weighted by Crippen LogP contribution is 2.35. The number of nitrogens with two attached hydrogens (primary N) is 1. The molecule has 1 atom stereocenters. The zero-order valence-electron chi connectivity index (χ0n) is 9.69. The van der Waals surface area contributed by atoms with E-state index in [2.05, 4.69) is 5.32 Å². The van der Waals surface area contributed by atoms with Crippen LogP contribution in [0.3, 0.4) is 0 Å². The number of fused-ring (bicyclic) bond motifs is 1. The summed E-state index contributed by atoms with van der Waals surface area (Å²) in [5.74, 6) is 0.490. The van der Waals surface area contributed by atoms with Gasteiger partial charge in [-0.3, -0.25) is 0 Å². The van der Waals surface area contributed by atoms with Crippen molar-refractivity contribution in [2.45, 2.75) is 6.10 Å². The number of rotatable bonds is 1. The van der Waals surface area contributed by atoms with Crippen LogP contribution in [0, 0.1) is 5.82 Å². The average molecular weight is 244 g/mol. The molecular formula is C14H13FN2O. The van der Waals surface area contributed by atoms with Crippen molar-refractivity contribution in [2.75, 3.05) is 17.6 Å². The van der Waals surface area contributed by atoms with Crippen molar-refractivity contribution >= 4 is 11.4 Å². The molecule has 1 unspecified atom stereocenters. The number of halogens is 1. The van der Waals surface area contributed by atoms with Gasteiger partial charge in [-0.1, -0.05) is 12.1 Å². The van der Waals surface area contributed by atoms with Crippen molar-refractivity contribution in [1.29, 1.82) is 0 Å². The van der Waals surface area contributed by atoms with Crippen LogP contribution in [0.2, 0.25) is 0 Å². The lowest BCUT2D eigenvalue weighted by atomic mass is 10.1. The van der Waals surface area contributed by atoms with E-state index in [0.29, 0.717) is 12.2 Å². The van der Waals surface area contributed by atoms with Crippen LogP contribution < -0.4 is 15.8 Å². The van der Waals surface area contributed by atoms with Gasteiger partial charge in [0.2, 0.25) is 0 Å². The molecule has 0 radical (unpaired) electrons. The van der Waals surface area contributed by atoms with Gasteiger partial charge >= 0.3 is 0 Å². The number of nitrogen functional groups attached to an aromatic ring is 1. The van der Waals surface area contributed by atoms with Gasteiger partial charge in [0.1, 0.15) is 17.7 Å². The average Bonchev–Trinajstić information content (AvgIpc) is 2.38. The van der Waals surface area contributed by atoms with Gasteiger partial charge in [-0.05, 0) is 35.9 Å². The second-order valence-electron chi connectivity index (χ2n) is 4.30. The molecule has 1 aliphatic heterocycles. The molecule has 0 amide bonds. The molecule has 1 heterocycles. The first-order chi connectivity index (χ1) is 8.72. The second-order valence-corrected chi connectivity index (χ2v) is 4.30. The quantitative estimate of drug-likeness (QED) is 0.758. The third kappa shape index (κ3) is 1.97. The summed E-state index contributed by atoms with van der Waals surface area (Å²) in [5, 5.41) is 3.24. The van der Waals surface area contributed by atoms with Crippen molar-refractivity contribution < 1.29 is 9.13 Å². The highest BCUT2D eigenvalue weighted by Gasteiger charge is 2.21. The third-order valence-electron chi connectivity index (χ3n) is 2.97. The van der Waals surface area contributed by atoms with Gasteiger partial charge in [0.15, 0.2) is 0 Å². The van der Waals surface area contributed by atoms with Gasteiger partial charge in [-0.15, -0.1) is 0 Å². The Hall–Kier alpha value is -2.23. The number of hydrogen-bond acceptors (Lipinski definition) is 3. The van der Waals surface area contributed by atoms with Gasteiger partial charge in [-0.25, -0.2) is 4.39 Å². The highest BCUT2D eigenvalue weighted by atomic mass is 19.1. The van der Waals surface area contributed by atoms with Crippen molar-refractivity contribution in [2.24, 2.45) is 0 Å². The summed E-state index contributed by atoms with van der Waals surface area (Å²) in [5.41, 5.74) is 8.09. The Balaban J connectivity index is 1.89. The van der Waals surface area contributed by atoms with Crippen LogP contribution >= 0.6 is 0 Å². The Bertz CT molecular complexity index is 586. The van der Waals surface area contributed by atoms with Gasteiger partial charge in [0.25, 0.3) is 0 Å². The summed E-state index contributed by atoms with van der Waals surface area (Å²) >= 11 is 0. The maximum Gasteiger partial charge on any atom is 0.143 e. The number of ether oxygens (including phenoxy) is 1. The van der Waals surface area contributed by atoms with E-state index < -0.39 is 0 Å². The van der Waals surface area contributed by atoms with Gasteiger partial charge < -0.3 is 15.8 Å². The molecule has 18 heavy (non-hydrogen) atoms. The summed E-state index contributed by atoms with van der Waals surface area (Å²) in [6.07, 6.45) is -0.183. The van der Waals surface area contributed by atoms with E-state index in [-0.39, 0.29) is 11.9 Å². The lowest BCUT2D eigenvalue weighted by molar-refractivity contribution is 0.210. The normalized spacial score (nSPS) is 17.5. The Morgan fingerprint density at radius 1 is 1.22 bits per heavy atom. The Kier molecular flexibility index (Phi) is 2.55. The molecule has 3 nitrogen and oxygen atoms in total. The van der Waals surface area contributed by atoms with Crippen LogP contribution in [0.4, 0.5) is 15.8 Å². The predicted molar refractivity (Wildman–Crippen MR) is 69.1 cm³/mol. The minimum Gasteiger partial charge on any atom is -0.482 e. The summed E-state index contributed by atoms with van der Waals surface area (Å²) in [7, 11) is 0. The molecule has 1 aliphatic rings. The molecule has 2 aromatic carbocycles. The minimum atomic E-state index is -0.251. The van der Waals surface area contributed by atoms with Crippen LogP contribution in [0.1, 0.15) is 11.7 Å². The van der Waals surface area contributed by atoms with Crippen LogP contribution in [0.5, 0.6) is 5.75 Å². The van der Waals surface area contributed by atoms with Crippen LogP contribution in [-0.2, 0) is 0 Å². The first-order valence-electron chi connectivity index (χ1n) is 5.78. The summed E-state index contributed by atoms with van der Waals surface area (Å²) < 4.78 is 19.0. The van der Waals surface area contributed by atoms with Gasteiger partial charge in [-0.2, -0.15) is 0 Å². The molecule has 0 fully saturated rings. The van der Waals surface area contributed by atoms with E-state index in [1.54, 1.807) is 12.1 Å². The molecule has 3 N–H and O–H groups in total. The predicted octanol–water partition coefficient (Wildman–Crippen LogP) is 2.95.